The summed E-state index contributed by atoms with van der Waals surface area (Å²) < 4.78 is 18.9. The van der Waals surface area contributed by atoms with Crippen LogP contribution in [0.5, 0.6) is 0 Å². The lowest BCUT2D eigenvalue weighted by atomic mass is 10.1. The molecule has 1 saturated heterocycles. The first-order chi connectivity index (χ1) is 24.7. The quantitative estimate of drug-likeness (QED) is 0.121. The molecule has 0 spiro atoms. The first kappa shape index (κ1) is 39.8. The fourth-order valence-corrected chi connectivity index (χ4v) is 16.8. The summed E-state index contributed by atoms with van der Waals surface area (Å²) in [6.07, 6.45) is 3.49. The van der Waals surface area contributed by atoms with Gasteiger partial charge in [-0.15, -0.1) is 0 Å². The summed E-state index contributed by atoms with van der Waals surface area (Å²) in [6, 6.07) is 42.0. The van der Waals surface area contributed by atoms with Gasteiger partial charge in [-0.2, -0.15) is 0 Å². The molecule has 2 aliphatic rings. The fraction of sp³-hybridized carbons (Fsp3) is 0.432. The van der Waals surface area contributed by atoms with Gasteiger partial charge in [0.2, 0.25) is 0 Å². The lowest BCUT2D eigenvalue weighted by Crippen LogP contribution is -2.67. The molecule has 1 aliphatic carbocycles. The molecule has 4 aromatic rings. The molecule has 278 valence electrons. The molecular formula is C44H58O6Si2. The number of esters is 1. The average molecular weight is 739 g/mol. The molecule has 0 aromatic heterocycles. The maximum absolute atomic E-state index is 11.4. The van der Waals surface area contributed by atoms with E-state index in [1.54, 1.807) is 0 Å². The van der Waals surface area contributed by atoms with Gasteiger partial charge in [0.25, 0.3) is 16.6 Å². The van der Waals surface area contributed by atoms with Crippen LogP contribution in [0.4, 0.5) is 0 Å². The van der Waals surface area contributed by atoms with E-state index in [0.29, 0.717) is 32.5 Å². The number of carbonyl (C=O) groups is 1. The van der Waals surface area contributed by atoms with Crippen molar-refractivity contribution < 1.29 is 28.6 Å². The molecule has 1 heterocycles. The van der Waals surface area contributed by atoms with Gasteiger partial charge in [0.15, 0.2) is 0 Å². The van der Waals surface area contributed by atoms with Crippen molar-refractivity contribution in [3.8, 4) is 0 Å². The molecule has 6 rings (SSSR count). The first-order valence-electron chi connectivity index (χ1n) is 18.8. The maximum Gasteiger partial charge on any atom is 0.306 e. The number of carbonyl (C=O) groups excluding carboxylic acids is 1. The SMILES string of the molecule is CC(C)(C)[Si](OC[C@@H](O)CCC1(O)CC1)(c1ccccc1)c1ccccc1.CC(C)(C)[Si](OC[C@@H]1CCC(=O)O1)(c1ccccc1)c1ccccc1. The van der Waals surface area contributed by atoms with E-state index < -0.39 is 28.3 Å². The number of rotatable bonds is 13. The Balaban J connectivity index is 0.000000202. The molecule has 6 nitrogen and oxygen atoms in total. The largest absolute Gasteiger partial charge is 0.460 e. The normalized spacial score (nSPS) is 17.8. The Labute approximate surface area is 313 Å². The van der Waals surface area contributed by atoms with Crippen LogP contribution in [0.25, 0.3) is 0 Å². The number of hydrogen-bond acceptors (Lipinski definition) is 6. The van der Waals surface area contributed by atoms with Crippen LogP contribution in [-0.4, -0.2) is 63.8 Å². The smallest absolute Gasteiger partial charge is 0.306 e. The molecule has 1 aliphatic heterocycles. The second-order valence-electron chi connectivity index (χ2n) is 16.5. The highest BCUT2D eigenvalue weighted by molar-refractivity contribution is 7.00. The highest BCUT2D eigenvalue weighted by Gasteiger charge is 2.52. The van der Waals surface area contributed by atoms with E-state index in [1.807, 2.05) is 24.3 Å². The Hall–Kier alpha value is -3.38. The van der Waals surface area contributed by atoms with Crippen molar-refractivity contribution in [2.75, 3.05) is 13.2 Å². The van der Waals surface area contributed by atoms with Gasteiger partial charge in [0.1, 0.15) is 6.10 Å². The maximum atomic E-state index is 11.4. The van der Waals surface area contributed by atoms with Crippen molar-refractivity contribution in [1.29, 1.82) is 0 Å². The van der Waals surface area contributed by atoms with Gasteiger partial charge in [0.05, 0.1) is 24.9 Å². The van der Waals surface area contributed by atoms with Crippen LogP contribution in [-0.2, 0) is 18.4 Å². The lowest BCUT2D eigenvalue weighted by molar-refractivity contribution is -0.142. The van der Waals surface area contributed by atoms with E-state index in [0.717, 1.165) is 19.3 Å². The third-order valence-corrected chi connectivity index (χ3v) is 20.6. The highest BCUT2D eigenvalue weighted by Crippen LogP contribution is 2.41. The molecule has 0 bridgehead atoms. The number of ether oxygens (including phenoxy) is 1. The standard InChI is InChI=1S/C23H32O3Si.C21H26O3Si/c1-22(2,3)27(20-10-6-4-7-11-20,21-12-8-5-9-13-21)26-18-19(24)14-15-23(25)16-17-23;1-21(2,3)25(18-10-6-4-7-11-18,19-12-8-5-9-13-19)23-16-17-14-15-20(22)24-17/h4-13,19,24-25H,14-18H2,1-3H3;4-13,17H,14-16H2,1-3H3/t19-;17-/m00/s1. The zero-order chi connectivity index (χ0) is 37.5. The zero-order valence-corrected chi connectivity index (χ0v) is 33.9. The minimum absolute atomic E-state index is 0.0572. The molecular weight excluding hydrogens is 681 g/mol. The van der Waals surface area contributed by atoms with Gasteiger partial charge in [-0.05, 0) is 62.9 Å². The first-order valence-corrected chi connectivity index (χ1v) is 22.6. The summed E-state index contributed by atoms with van der Waals surface area (Å²) in [7, 11) is -5.12. The van der Waals surface area contributed by atoms with E-state index in [4.69, 9.17) is 13.6 Å². The number of benzene rings is 4. The third kappa shape index (κ3) is 9.21. The van der Waals surface area contributed by atoms with Gasteiger partial charge in [-0.1, -0.05) is 163 Å². The molecule has 2 atom stereocenters. The fourth-order valence-electron chi connectivity index (χ4n) is 7.58. The average Bonchev–Trinajstić information content (AvgIpc) is 3.73. The number of cyclic esters (lactones) is 1. The van der Waals surface area contributed by atoms with Crippen molar-refractivity contribution in [3.63, 3.8) is 0 Å². The van der Waals surface area contributed by atoms with Gasteiger partial charge >= 0.3 is 5.97 Å². The molecule has 2 N–H and O–H groups in total. The van der Waals surface area contributed by atoms with Gasteiger partial charge in [-0.3, -0.25) is 4.79 Å². The van der Waals surface area contributed by atoms with Crippen LogP contribution in [0.3, 0.4) is 0 Å². The summed E-state index contributed by atoms with van der Waals surface area (Å²) in [5.74, 6) is -0.115. The zero-order valence-electron chi connectivity index (χ0n) is 31.9. The molecule has 4 aromatic carbocycles. The van der Waals surface area contributed by atoms with Crippen LogP contribution >= 0.6 is 0 Å². The molecule has 52 heavy (non-hydrogen) atoms. The van der Waals surface area contributed by atoms with Crippen LogP contribution < -0.4 is 20.7 Å². The second kappa shape index (κ2) is 16.7. The monoisotopic (exact) mass is 738 g/mol. The minimum atomic E-state index is -2.59. The minimum Gasteiger partial charge on any atom is -0.460 e. The van der Waals surface area contributed by atoms with Gasteiger partial charge in [-0.25, -0.2) is 0 Å². The molecule has 8 heteroatoms. The van der Waals surface area contributed by atoms with E-state index >= 15 is 0 Å². The van der Waals surface area contributed by atoms with Crippen molar-refractivity contribution in [1.82, 2.24) is 0 Å². The summed E-state index contributed by atoms with van der Waals surface area (Å²) in [5, 5.41) is 25.4. The molecule has 0 amide bonds. The third-order valence-electron chi connectivity index (χ3n) is 10.6. The van der Waals surface area contributed by atoms with Crippen LogP contribution in [0.2, 0.25) is 10.1 Å². The second-order valence-corrected chi connectivity index (χ2v) is 25.1. The highest BCUT2D eigenvalue weighted by atomic mass is 28.4. The summed E-state index contributed by atoms with van der Waals surface area (Å²) in [5.41, 5.74) is -0.529. The van der Waals surface area contributed by atoms with Crippen molar-refractivity contribution >= 4 is 43.4 Å². The van der Waals surface area contributed by atoms with Crippen LogP contribution in [0, 0.1) is 0 Å². The Morgan fingerprint density at radius 2 is 1.08 bits per heavy atom. The van der Waals surface area contributed by atoms with Crippen LogP contribution in [0.1, 0.15) is 80.1 Å². The van der Waals surface area contributed by atoms with Crippen molar-refractivity contribution in [2.45, 2.75) is 108 Å². The van der Waals surface area contributed by atoms with Gasteiger partial charge < -0.3 is 23.8 Å². The Kier molecular flexibility index (Phi) is 12.8. The predicted molar refractivity (Wildman–Crippen MR) is 216 cm³/mol. The predicted octanol–water partition coefficient (Wildman–Crippen LogP) is 6.50. The van der Waals surface area contributed by atoms with Crippen molar-refractivity contribution in [3.05, 3.63) is 121 Å². The number of aliphatic hydroxyl groups is 2. The Morgan fingerprint density at radius 3 is 1.40 bits per heavy atom. The van der Waals surface area contributed by atoms with E-state index in [9.17, 15) is 15.0 Å². The van der Waals surface area contributed by atoms with E-state index in [-0.39, 0.29) is 22.1 Å². The molecule has 1 saturated carbocycles. The van der Waals surface area contributed by atoms with Crippen LogP contribution in [0.15, 0.2) is 121 Å². The van der Waals surface area contributed by atoms with E-state index in [2.05, 4.69) is 139 Å². The summed E-state index contributed by atoms with van der Waals surface area (Å²) in [6.45, 7) is 14.2. The lowest BCUT2D eigenvalue weighted by Gasteiger charge is -2.43. The topological polar surface area (TPSA) is 85.2 Å². The summed E-state index contributed by atoms with van der Waals surface area (Å²) >= 11 is 0. The Morgan fingerprint density at radius 1 is 0.692 bits per heavy atom. The molecule has 2 fully saturated rings. The van der Waals surface area contributed by atoms with Gasteiger partial charge in [0, 0.05) is 6.42 Å². The van der Waals surface area contributed by atoms with Crippen molar-refractivity contribution in [2.24, 2.45) is 0 Å². The number of aliphatic hydroxyl groups excluding tert-OH is 1. The summed E-state index contributed by atoms with van der Waals surface area (Å²) in [4.78, 5) is 11.4. The molecule has 0 radical (unpaired) electrons. The number of hydrogen-bond donors (Lipinski definition) is 2. The Bertz CT molecular complexity index is 1600. The van der Waals surface area contributed by atoms with E-state index in [1.165, 1.54) is 20.7 Å². The molecule has 0 unspecified atom stereocenters.